The maximum absolute atomic E-state index is 10.8. The molecule has 56 heavy (non-hydrogen) atoms. The van der Waals surface area contributed by atoms with Crippen LogP contribution in [0.4, 0.5) is 0 Å². The summed E-state index contributed by atoms with van der Waals surface area (Å²) in [6.07, 6.45) is 9.59. The van der Waals surface area contributed by atoms with Crippen molar-refractivity contribution in [2.24, 2.45) is 11.8 Å². The number of unbranched alkanes of at least 4 members (excludes halogenated alkanes) is 2. The highest BCUT2D eigenvalue weighted by Gasteiger charge is 2.16. The second kappa shape index (κ2) is 23.5. The number of hydrogen-bond acceptors (Lipinski definition) is 8. The molecule has 0 saturated carbocycles. The summed E-state index contributed by atoms with van der Waals surface area (Å²) >= 11 is 5.83. The number of benzene rings is 4. The molecular formula is C45H63ClN6O4. The quantitative estimate of drug-likeness (QED) is 0.0826. The van der Waals surface area contributed by atoms with E-state index >= 15 is 0 Å². The third-order valence-corrected chi connectivity index (χ3v) is 10.0. The maximum Gasteiger partial charge on any atom is 0.148 e. The lowest BCUT2D eigenvalue weighted by molar-refractivity contribution is 0.0807. The van der Waals surface area contributed by atoms with E-state index in [-0.39, 0.29) is 24.8 Å². The molecule has 10 nitrogen and oxygen atoms in total. The highest BCUT2D eigenvalue weighted by atomic mass is 35.5. The molecule has 2 atom stereocenters. The van der Waals surface area contributed by atoms with Crippen LogP contribution in [0.1, 0.15) is 109 Å². The van der Waals surface area contributed by atoms with Crippen LogP contribution in [0.5, 0.6) is 11.5 Å². The number of aromatic hydroxyl groups is 2. The number of phenolic OH excluding ortho intramolecular Hbond substituents is 2. The Kier molecular flexibility index (Phi) is 19.3. The van der Waals surface area contributed by atoms with Crippen molar-refractivity contribution in [1.29, 1.82) is 0 Å². The average Bonchev–Trinajstić information content (AvgIpc) is 3.84. The van der Waals surface area contributed by atoms with Crippen LogP contribution < -0.4 is 0 Å². The van der Waals surface area contributed by atoms with Crippen LogP contribution in [0.2, 0.25) is 0 Å². The summed E-state index contributed by atoms with van der Waals surface area (Å²) in [7, 11) is 0. The summed E-state index contributed by atoms with van der Waals surface area (Å²) in [5, 5.41) is 47.4. The number of aryl methyl sites for hydroxylation is 2. The van der Waals surface area contributed by atoms with Crippen LogP contribution in [0.15, 0.2) is 72.8 Å². The van der Waals surface area contributed by atoms with Gasteiger partial charge >= 0.3 is 0 Å². The molecule has 0 spiro atoms. The van der Waals surface area contributed by atoms with Crippen molar-refractivity contribution in [1.82, 2.24) is 30.0 Å². The molecule has 0 amide bonds. The minimum Gasteiger partial charge on any atom is -0.505 e. The van der Waals surface area contributed by atoms with E-state index in [1.54, 1.807) is 0 Å². The largest absolute Gasteiger partial charge is 0.505 e. The molecule has 11 heteroatoms. The molecule has 0 aliphatic rings. The predicted molar refractivity (Wildman–Crippen MR) is 230 cm³/mol. The Labute approximate surface area is 338 Å². The maximum atomic E-state index is 10.8. The van der Waals surface area contributed by atoms with Gasteiger partial charge in [0, 0.05) is 24.3 Å². The van der Waals surface area contributed by atoms with Crippen molar-refractivity contribution >= 4 is 33.7 Å². The van der Waals surface area contributed by atoms with Gasteiger partial charge in [-0.25, -0.2) is 0 Å². The van der Waals surface area contributed by atoms with E-state index in [1.807, 2.05) is 86.6 Å². The molecule has 0 bridgehead atoms. The zero-order valence-corrected chi connectivity index (χ0v) is 34.1. The van der Waals surface area contributed by atoms with Crippen LogP contribution in [0, 0.1) is 25.7 Å². The number of rotatable bonds is 16. The first-order valence-corrected chi connectivity index (χ1v) is 20.2. The lowest BCUT2D eigenvalue weighted by Gasteiger charge is -2.16. The van der Waals surface area contributed by atoms with Crippen LogP contribution in [0.25, 0.3) is 33.4 Å². The molecule has 0 radical (unpaired) electrons. The number of aromatic nitrogens is 6. The van der Waals surface area contributed by atoms with Crippen molar-refractivity contribution in [3.8, 4) is 22.9 Å². The Morgan fingerprint density at radius 1 is 0.643 bits per heavy atom. The van der Waals surface area contributed by atoms with E-state index in [0.717, 1.165) is 58.2 Å². The van der Waals surface area contributed by atoms with E-state index in [4.69, 9.17) is 21.4 Å². The standard InChI is InChI=1S/C22H29N3O2.C14H12ClN3O.C8H18O.CH4/c1-4-6-9-17(5-2)14-27-15-18-12-16(3)13-21(22(18)26)25-23-19-10-7-8-11-20(19)24-25;1-9-6-10(8-15)14(19)13(7-9)18-16-11-4-2-3-5-12(11)17-18;1-3-5-6-8(4-2)7-9;/h7-8,10-13,17,26H,4-6,9,14-15H2,1-3H3;2-7,19H,8H2,1H3;8-9H,3-7H2,1-2H3;1H4. The number of nitrogens with zero attached hydrogens (tertiary/aromatic N) is 6. The van der Waals surface area contributed by atoms with E-state index < -0.39 is 0 Å². The van der Waals surface area contributed by atoms with Crippen molar-refractivity contribution in [3.63, 3.8) is 0 Å². The minimum absolute atomic E-state index is 0. The first kappa shape index (κ1) is 45.9. The number of ether oxygens (including phenoxy) is 1. The van der Waals surface area contributed by atoms with Crippen molar-refractivity contribution in [2.75, 3.05) is 13.2 Å². The highest BCUT2D eigenvalue weighted by molar-refractivity contribution is 6.17. The number of phenols is 2. The summed E-state index contributed by atoms with van der Waals surface area (Å²) in [6, 6.07) is 22.8. The van der Waals surface area contributed by atoms with Crippen LogP contribution in [0.3, 0.4) is 0 Å². The van der Waals surface area contributed by atoms with Crippen LogP contribution >= 0.6 is 11.6 Å². The topological polar surface area (TPSA) is 131 Å². The highest BCUT2D eigenvalue weighted by Crippen LogP contribution is 2.30. The number of alkyl halides is 1. The van der Waals surface area contributed by atoms with Gasteiger partial charge in [-0.05, 0) is 92.1 Å². The molecule has 4 aromatic carbocycles. The third-order valence-electron chi connectivity index (χ3n) is 9.73. The summed E-state index contributed by atoms with van der Waals surface area (Å²) in [5.41, 5.74) is 7.82. The van der Waals surface area contributed by atoms with Crippen molar-refractivity contribution in [2.45, 2.75) is 113 Å². The lowest BCUT2D eigenvalue weighted by Crippen LogP contribution is -2.09. The number of halogens is 1. The molecule has 0 aliphatic carbocycles. The number of hydrogen-bond donors (Lipinski definition) is 3. The summed E-state index contributed by atoms with van der Waals surface area (Å²) in [5.74, 6) is 1.70. The molecule has 0 fully saturated rings. The first-order valence-electron chi connectivity index (χ1n) is 19.7. The Morgan fingerprint density at radius 2 is 1.05 bits per heavy atom. The zero-order chi connectivity index (χ0) is 39.7. The molecule has 2 unspecified atom stereocenters. The Hall–Kier alpha value is -4.51. The molecular weight excluding hydrogens is 724 g/mol. The Morgan fingerprint density at radius 3 is 1.45 bits per heavy atom. The fourth-order valence-corrected chi connectivity index (χ4v) is 6.47. The zero-order valence-electron chi connectivity index (χ0n) is 33.4. The summed E-state index contributed by atoms with van der Waals surface area (Å²) < 4.78 is 5.95. The number of aliphatic hydroxyl groups is 1. The Bertz CT molecular complexity index is 1990. The summed E-state index contributed by atoms with van der Waals surface area (Å²) in [4.78, 5) is 2.95. The van der Waals surface area contributed by atoms with Crippen LogP contribution in [-0.4, -0.2) is 58.5 Å². The molecule has 3 N–H and O–H groups in total. The van der Waals surface area contributed by atoms with Crippen molar-refractivity contribution in [3.05, 3.63) is 95.1 Å². The molecule has 2 aromatic heterocycles. The van der Waals surface area contributed by atoms with Gasteiger partial charge in [0.05, 0.1) is 12.5 Å². The van der Waals surface area contributed by atoms with E-state index in [1.165, 1.54) is 48.1 Å². The van der Waals surface area contributed by atoms with Gasteiger partial charge in [-0.3, -0.25) is 0 Å². The summed E-state index contributed by atoms with van der Waals surface area (Å²) in [6.45, 7) is 14.2. The number of aliphatic hydroxyl groups excluding tert-OH is 1. The fraction of sp³-hybridized carbons (Fsp3) is 0.467. The molecule has 6 rings (SSSR count). The molecule has 0 aliphatic heterocycles. The lowest BCUT2D eigenvalue weighted by atomic mass is 10.0. The van der Waals surface area contributed by atoms with Gasteiger partial charge in [0.15, 0.2) is 0 Å². The third kappa shape index (κ3) is 12.8. The number of fused-ring (bicyclic) bond motifs is 2. The predicted octanol–water partition coefficient (Wildman–Crippen LogP) is 11.2. The van der Waals surface area contributed by atoms with Crippen molar-refractivity contribution < 1.29 is 20.1 Å². The minimum atomic E-state index is 0. The van der Waals surface area contributed by atoms with Gasteiger partial charge in [-0.2, -0.15) is 0 Å². The molecule has 0 saturated heterocycles. The van der Waals surface area contributed by atoms with Gasteiger partial charge in [-0.15, -0.1) is 41.6 Å². The molecule has 304 valence electrons. The average molecular weight is 787 g/mol. The second-order valence-corrected chi connectivity index (χ2v) is 14.5. The smallest absolute Gasteiger partial charge is 0.148 e. The van der Waals surface area contributed by atoms with Gasteiger partial charge in [-0.1, -0.05) is 104 Å². The second-order valence-electron chi connectivity index (χ2n) is 14.2. The monoisotopic (exact) mass is 786 g/mol. The van der Waals surface area contributed by atoms with Gasteiger partial charge in [0.25, 0.3) is 0 Å². The molecule has 2 heterocycles. The normalized spacial score (nSPS) is 12.0. The van der Waals surface area contributed by atoms with Gasteiger partial charge in [0.2, 0.25) is 0 Å². The fourth-order valence-electron chi connectivity index (χ4n) is 6.27. The van der Waals surface area contributed by atoms with E-state index in [2.05, 4.69) is 48.1 Å². The van der Waals surface area contributed by atoms with E-state index in [0.29, 0.717) is 42.0 Å². The SMILES string of the molecule is C.CCCCC(CC)CO.CCCCC(CC)COCc1cc(C)cc(-n2nc3ccccc3n2)c1O.Cc1cc(CCl)c(O)c(-n2nc3ccccc3n2)c1. The first-order chi connectivity index (χ1) is 26.6. The Balaban J connectivity index is 0.000000252. The van der Waals surface area contributed by atoms with Gasteiger partial charge in [0.1, 0.15) is 44.9 Å². The van der Waals surface area contributed by atoms with Crippen LogP contribution in [-0.2, 0) is 17.2 Å². The van der Waals surface area contributed by atoms with Gasteiger partial charge < -0.3 is 20.1 Å². The molecule has 6 aromatic rings. The van der Waals surface area contributed by atoms with E-state index in [9.17, 15) is 10.2 Å².